The highest BCUT2D eigenvalue weighted by Crippen LogP contribution is 2.30. The minimum absolute atomic E-state index is 0.765. The van der Waals surface area contributed by atoms with Crippen LogP contribution in [0.4, 0.5) is 0 Å². The van der Waals surface area contributed by atoms with Gasteiger partial charge >= 0.3 is 0 Å². The van der Waals surface area contributed by atoms with Crippen LogP contribution in [0.3, 0.4) is 0 Å². The highest BCUT2D eigenvalue weighted by Gasteiger charge is 2.09. The fraction of sp³-hybridized carbons (Fsp3) is 0.500. The van der Waals surface area contributed by atoms with E-state index in [4.69, 9.17) is 0 Å². The highest BCUT2D eigenvalue weighted by atomic mass is 32.2. The maximum Gasteiger partial charge on any atom is 0.0387 e. The van der Waals surface area contributed by atoms with E-state index in [1.165, 1.54) is 29.1 Å². The van der Waals surface area contributed by atoms with E-state index in [9.17, 15) is 0 Å². The Hall–Kier alpha value is -0.120. The van der Waals surface area contributed by atoms with Crippen LogP contribution in [0, 0.1) is 0 Å². The van der Waals surface area contributed by atoms with Gasteiger partial charge in [0.1, 0.15) is 0 Å². The second-order valence-corrected chi connectivity index (χ2v) is 5.26. The van der Waals surface area contributed by atoms with Gasteiger partial charge in [-0.25, -0.2) is 0 Å². The molecular formula is C12H17NS2. The predicted molar refractivity (Wildman–Crippen MR) is 71.0 cm³/mol. The maximum atomic E-state index is 4.13. The summed E-state index contributed by atoms with van der Waals surface area (Å²) in [5.74, 6) is 2.05. The van der Waals surface area contributed by atoms with Crippen LogP contribution in [0.1, 0.15) is 17.5 Å². The van der Waals surface area contributed by atoms with Crippen molar-refractivity contribution in [2.24, 2.45) is 0 Å². The van der Waals surface area contributed by atoms with Crippen molar-refractivity contribution in [3.05, 3.63) is 29.3 Å². The third kappa shape index (κ3) is 3.16. The van der Waals surface area contributed by atoms with Gasteiger partial charge in [0, 0.05) is 10.8 Å². The Labute approximate surface area is 101 Å². The van der Waals surface area contributed by atoms with Crippen LogP contribution in [0.5, 0.6) is 0 Å². The molecule has 0 saturated carbocycles. The second kappa shape index (κ2) is 5.83. The average Bonchev–Trinajstić information content (AvgIpc) is 2.29. The molecule has 0 spiro atoms. The third-order valence-electron chi connectivity index (χ3n) is 2.68. The van der Waals surface area contributed by atoms with Gasteiger partial charge in [0.2, 0.25) is 0 Å². The smallest absolute Gasteiger partial charge is 0.0387 e. The van der Waals surface area contributed by atoms with Gasteiger partial charge in [-0.2, -0.15) is 12.6 Å². The summed E-state index contributed by atoms with van der Waals surface area (Å²) in [5.41, 5.74) is 3.00. The van der Waals surface area contributed by atoms with E-state index in [2.05, 4.69) is 36.1 Å². The summed E-state index contributed by atoms with van der Waals surface area (Å²) < 4.78 is 0. The van der Waals surface area contributed by atoms with E-state index in [0.717, 1.165) is 18.8 Å². The van der Waals surface area contributed by atoms with Gasteiger partial charge in [-0.05, 0) is 48.8 Å². The van der Waals surface area contributed by atoms with Gasteiger partial charge in [0.05, 0.1) is 0 Å². The van der Waals surface area contributed by atoms with Gasteiger partial charge in [0.25, 0.3) is 0 Å². The summed E-state index contributed by atoms with van der Waals surface area (Å²) in [6.07, 6.45) is 3.70. The number of hydrogen-bond acceptors (Lipinski definition) is 3. The van der Waals surface area contributed by atoms with Crippen molar-refractivity contribution in [3.8, 4) is 0 Å². The Morgan fingerprint density at radius 1 is 1.40 bits per heavy atom. The zero-order valence-corrected chi connectivity index (χ0v) is 10.5. The Morgan fingerprint density at radius 3 is 3.20 bits per heavy atom. The van der Waals surface area contributed by atoms with Crippen molar-refractivity contribution in [2.45, 2.75) is 24.2 Å². The van der Waals surface area contributed by atoms with Crippen molar-refractivity contribution < 1.29 is 0 Å². The van der Waals surface area contributed by atoms with Crippen LogP contribution < -0.4 is 5.32 Å². The van der Waals surface area contributed by atoms with E-state index >= 15 is 0 Å². The van der Waals surface area contributed by atoms with Gasteiger partial charge in [-0.3, -0.25) is 0 Å². The molecule has 1 aliphatic heterocycles. The number of hydrogen-bond donors (Lipinski definition) is 2. The van der Waals surface area contributed by atoms with Crippen molar-refractivity contribution in [2.75, 3.05) is 18.2 Å². The number of thiol groups is 1. The molecule has 15 heavy (non-hydrogen) atoms. The second-order valence-electron chi connectivity index (χ2n) is 3.80. The monoisotopic (exact) mass is 239 g/mol. The van der Waals surface area contributed by atoms with Crippen LogP contribution >= 0.6 is 24.4 Å². The van der Waals surface area contributed by atoms with Crippen LogP contribution in [0.15, 0.2) is 23.1 Å². The zero-order valence-electron chi connectivity index (χ0n) is 8.83. The molecule has 0 saturated heterocycles. The summed E-state index contributed by atoms with van der Waals surface area (Å²) in [7, 11) is 0. The van der Waals surface area contributed by atoms with Gasteiger partial charge in [-0.1, -0.05) is 12.1 Å². The third-order valence-corrected chi connectivity index (χ3v) is 4.10. The quantitative estimate of drug-likeness (QED) is 0.476. The Balaban J connectivity index is 2.00. The van der Waals surface area contributed by atoms with Gasteiger partial charge < -0.3 is 5.32 Å². The van der Waals surface area contributed by atoms with E-state index < -0.39 is 0 Å². The molecule has 3 heteroatoms. The first-order chi connectivity index (χ1) is 7.40. The molecule has 2 rings (SSSR count). The van der Waals surface area contributed by atoms with E-state index in [-0.39, 0.29) is 0 Å². The molecule has 1 heterocycles. The Morgan fingerprint density at radius 2 is 2.33 bits per heavy atom. The number of fused-ring (bicyclic) bond motifs is 1. The van der Waals surface area contributed by atoms with Crippen LogP contribution in [-0.4, -0.2) is 18.2 Å². The molecule has 1 aliphatic rings. The number of nitrogens with one attached hydrogen (secondary N) is 1. The topological polar surface area (TPSA) is 12.0 Å². The number of rotatable bonds is 4. The van der Waals surface area contributed by atoms with E-state index in [1.54, 1.807) is 5.56 Å². The lowest BCUT2D eigenvalue weighted by molar-refractivity contribution is 0.773. The van der Waals surface area contributed by atoms with Crippen LogP contribution in [0.2, 0.25) is 0 Å². The van der Waals surface area contributed by atoms with Gasteiger partial charge in [-0.15, -0.1) is 11.8 Å². The lowest BCUT2D eigenvalue weighted by Crippen LogP contribution is -2.15. The molecule has 0 radical (unpaired) electrons. The zero-order chi connectivity index (χ0) is 10.5. The molecule has 0 atom stereocenters. The standard InChI is InChI=1S/C12H17NS2/c14-9-13-6-5-10-3-4-12-11(8-10)2-1-7-15-12/h3-4,8,13-14H,1-2,5-7,9H2. The Bertz CT molecular complexity index is 325. The molecule has 0 amide bonds. The lowest BCUT2D eigenvalue weighted by Gasteiger charge is -2.16. The molecule has 0 fully saturated rings. The van der Waals surface area contributed by atoms with Gasteiger partial charge in [0.15, 0.2) is 0 Å². The van der Waals surface area contributed by atoms with Crippen molar-refractivity contribution in [1.82, 2.24) is 5.32 Å². The first kappa shape index (κ1) is 11.4. The van der Waals surface area contributed by atoms with Crippen LogP contribution in [0.25, 0.3) is 0 Å². The minimum Gasteiger partial charge on any atom is -0.308 e. The molecule has 1 N–H and O–H groups in total. The first-order valence-corrected chi connectivity index (χ1v) is 7.08. The molecule has 1 nitrogen and oxygen atoms in total. The average molecular weight is 239 g/mol. The Kier molecular flexibility index (Phi) is 4.42. The molecule has 82 valence electrons. The molecule has 1 aromatic rings. The summed E-state index contributed by atoms with van der Waals surface area (Å²) in [6, 6.07) is 6.92. The largest absolute Gasteiger partial charge is 0.308 e. The summed E-state index contributed by atoms with van der Waals surface area (Å²) in [6.45, 7) is 1.02. The number of thioether (sulfide) groups is 1. The van der Waals surface area contributed by atoms with Crippen molar-refractivity contribution in [3.63, 3.8) is 0 Å². The minimum atomic E-state index is 0.765. The highest BCUT2D eigenvalue weighted by molar-refractivity contribution is 7.99. The van der Waals surface area contributed by atoms with Crippen LogP contribution in [-0.2, 0) is 12.8 Å². The predicted octanol–water partition coefficient (Wildman–Crippen LogP) is 2.74. The lowest BCUT2D eigenvalue weighted by atomic mass is 10.0. The summed E-state index contributed by atoms with van der Waals surface area (Å²) in [5, 5.41) is 3.24. The first-order valence-electron chi connectivity index (χ1n) is 5.46. The van der Waals surface area contributed by atoms with E-state index in [0.29, 0.717) is 0 Å². The van der Waals surface area contributed by atoms with E-state index in [1.807, 2.05) is 11.8 Å². The fourth-order valence-electron chi connectivity index (χ4n) is 1.88. The normalized spacial score (nSPS) is 15.0. The summed E-state index contributed by atoms with van der Waals surface area (Å²) >= 11 is 6.13. The fourth-order valence-corrected chi connectivity index (χ4v) is 3.06. The molecule has 0 bridgehead atoms. The number of benzene rings is 1. The molecule has 0 aromatic heterocycles. The summed E-state index contributed by atoms with van der Waals surface area (Å²) in [4.78, 5) is 1.49. The maximum absolute atomic E-state index is 4.13. The molecule has 0 unspecified atom stereocenters. The van der Waals surface area contributed by atoms with Crippen molar-refractivity contribution in [1.29, 1.82) is 0 Å². The molecular weight excluding hydrogens is 222 g/mol. The van der Waals surface area contributed by atoms with Crippen molar-refractivity contribution >= 4 is 24.4 Å². The SMILES string of the molecule is SCNCCc1ccc2c(c1)CCCS2. The molecule has 1 aromatic carbocycles. The number of aryl methyl sites for hydroxylation is 1. The molecule has 0 aliphatic carbocycles.